The van der Waals surface area contributed by atoms with Gasteiger partial charge in [0, 0.05) is 29.9 Å². The molecule has 0 saturated heterocycles. The summed E-state index contributed by atoms with van der Waals surface area (Å²) in [5.74, 6) is -0.952. The summed E-state index contributed by atoms with van der Waals surface area (Å²) in [4.78, 5) is 3.10. The minimum atomic E-state index is -0.525. The Morgan fingerprint density at radius 3 is 2.56 bits per heavy atom. The van der Waals surface area contributed by atoms with Gasteiger partial charge in [-0.1, -0.05) is 0 Å². The van der Waals surface area contributed by atoms with Crippen molar-refractivity contribution in [2.24, 2.45) is 0 Å². The third kappa shape index (κ3) is 1.79. The van der Waals surface area contributed by atoms with Crippen LogP contribution in [0.5, 0.6) is 0 Å². The first-order chi connectivity index (χ1) is 8.54. The zero-order valence-electron chi connectivity index (χ0n) is 9.84. The van der Waals surface area contributed by atoms with Gasteiger partial charge in [-0.3, -0.25) is 0 Å². The number of hydrogen-bond donors (Lipinski definition) is 1. The molecule has 1 N–H and O–H groups in total. The summed E-state index contributed by atoms with van der Waals surface area (Å²) >= 11 is 5.21. The average molecular weight is 266 g/mol. The number of aryl methyl sites for hydroxylation is 1. The van der Waals surface area contributed by atoms with Crippen molar-refractivity contribution in [2.75, 3.05) is 0 Å². The van der Waals surface area contributed by atoms with Crippen LogP contribution in [0.15, 0.2) is 18.2 Å². The second-order valence-corrected chi connectivity index (χ2v) is 5.10. The predicted molar refractivity (Wildman–Crippen MR) is 67.2 cm³/mol. The van der Waals surface area contributed by atoms with Crippen molar-refractivity contribution >= 4 is 12.2 Å². The maximum absolute atomic E-state index is 13.2. The van der Waals surface area contributed by atoms with Gasteiger partial charge in [-0.25, -0.2) is 8.78 Å². The topological polar surface area (TPSA) is 20.7 Å². The number of nitrogens with one attached hydrogen (secondary N) is 1. The summed E-state index contributed by atoms with van der Waals surface area (Å²) in [6, 6.07) is 3.71. The highest BCUT2D eigenvalue weighted by molar-refractivity contribution is 7.71. The summed E-state index contributed by atoms with van der Waals surface area (Å²) < 4.78 is 29.1. The summed E-state index contributed by atoms with van der Waals surface area (Å²) in [5, 5.41) is 0. The van der Waals surface area contributed by atoms with Gasteiger partial charge in [0.05, 0.1) is 0 Å². The van der Waals surface area contributed by atoms with E-state index in [2.05, 4.69) is 4.98 Å². The van der Waals surface area contributed by atoms with Crippen LogP contribution in [0, 0.1) is 23.3 Å². The smallest absolute Gasteiger partial charge is 0.177 e. The van der Waals surface area contributed by atoms with Crippen LogP contribution in [0.4, 0.5) is 8.78 Å². The van der Waals surface area contributed by atoms with Gasteiger partial charge < -0.3 is 9.55 Å². The molecule has 1 atom stereocenters. The van der Waals surface area contributed by atoms with Gasteiger partial charge in [0.2, 0.25) is 0 Å². The van der Waals surface area contributed by atoms with E-state index in [9.17, 15) is 8.78 Å². The highest BCUT2D eigenvalue weighted by Gasteiger charge is 2.26. The summed E-state index contributed by atoms with van der Waals surface area (Å²) in [7, 11) is 0. The minimum absolute atomic E-state index is 0.0974. The number of nitrogens with zero attached hydrogens (tertiary/aromatic N) is 1. The lowest BCUT2D eigenvalue weighted by atomic mass is 9.96. The molecule has 0 saturated carbocycles. The van der Waals surface area contributed by atoms with Gasteiger partial charge in [-0.2, -0.15) is 0 Å². The van der Waals surface area contributed by atoms with E-state index in [1.807, 2.05) is 11.5 Å². The van der Waals surface area contributed by atoms with Gasteiger partial charge >= 0.3 is 0 Å². The molecule has 3 rings (SSSR count). The molecule has 2 aromatic rings. The first-order valence-corrected chi connectivity index (χ1v) is 6.19. The number of hydrogen-bond acceptors (Lipinski definition) is 1. The molecule has 0 aliphatic carbocycles. The first kappa shape index (κ1) is 11.6. The SMILES string of the molecule is Cc1[nH]c(=S)n2c1C[C@@H](c1cc(F)cc(F)c1)C2. The largest absolute Gasteiger partial charge is 0.335 e. The molecule has 1 aromatic carbocycles. The molecule has 0 amide bonds. The molecule has 5 heteroatoms. The molecule has 0 unspecified atom stereocenters. The molecule has 0 bridgehead atoms. The van der Waals surface area contributed by atoms with E-state index in [-0.39, 0.29) is 5.92 Å². The van der Waals surface area contributed by atoms with Crippen LogP contribution in [0.1, 0.15) is 22.9 Å². The van der Waals surface area contributed by atoms with E-state index in [1.165, 1.54) is 12.1 Å². The highest BCUT2D eigenvalue weighted by atomic mass is 32.1. The lowest BCUT2D eigenvalue weighted by Gasteiger charge is -2.09. The number of fused-ring (bicyclic) bond motifs is 1. The second kappa shape index (κ2) is 4.02. The predicted octanol–water partition coefficient (Wildman–Crippen LogP) is 3.47. The lowest BCUT2D eigenvalue weighted by molar-refractivity contribution is 0.567. The fourth-order valence-electron chi connectivity index (χ4n) is 2.63. The molecule has 2 nitrogen and oxygen atoms in total. The van der Waals surface area contributed by atoms with Crippen molar-refractivity contribution in [1.82, 2.24) is 9.55 Å². The summed E-state index contributed by atoms with van der Waals surface area (Å²) in [5.41, 5.74) is 2.87. The normalized spacial score (nSPS) is 18.1. The third-order valence-electron chi connectivity index (χ3n) is 3.50. The number of rotatable bonds is 1. The van der Waals surface area contributed by atoms with Crippen LogP contribution in [-0.4, -0.2) is 9.55 Å². The van der Waals surface area contributed by atoms with Crippen LogP contribution < -0.4 is 0 Å². The quantitative estimate of drug-likeness (QED) is 0.784. The zero-order chi connectivity index (χ0) is 12.9. The van der Waals surface area contributed by atoms with E-state index in [0.717, 1.165) is 23.9 Å². The molecule has 1 aromatic heterocycles. The molecular formula is C13H12F2N2S. The van der Waals surface area contributed by atoms with Gasteiger partial charge in [-0.15, -0.1) is 0 Å². The molecule has 94 valence electrons. The number of imidazole rings is 1. The fourth-order valence-corrected chi connectivity index (χ4v) is 2.97. The Kier molecular flexibility index (Phi) is 2.59. The van der Waals surface area contributed by atoms with E-state index < -0.39 is 11.6 Å². The maximum Gasteiger partial charge on any atom is 0.177 e. The number of H-pyrrole nitrogens is 1. The Labute approximate surface area is 108 Å². The standard InChI is InChI=1S/C13H12F2N2S/c1-7-12-4-9(6-17(12)13(18)16-7)8-2-10(14)5-11(15)3-8/h2-3,5,9H,4,6H2,1H3,(H,16,18)/t9-/m1/s1. The fraction of sp³-hybridized carbons (Fsp3) is 0.308. The van der Waals surface area contributed by atoms with Gasteiger partial charge in [0.25, 0.3) is 0 Å². The molecule has 0 spiro atoms. The third-order valence-corrected chi connectivity index (χ3v) is 3.82. The number of aromatic nitrogens is 2. The van der Waals surface area contributed by atoms with Crippen LogP contribution in [0.25, 0.3) is 0 Å². The van der Waals surface area contributed by atoms with Crippen molar-refractivity contribution in [3.63, 3.8) is 0 Å². The monoisotopic (exact) mass is 266 g/mol. The number of aromatic amines is 1. The maximum atomic E-state index is 13.2. The van der Waals surface area contributed by atoms with Crippen molar-refractivity contribution in [3.05, 3.63) is 51.6 Å². The van der Waals surface area contributed by atoms with Gasteiger partial charge in [0.1, 0.15) is 11.6 Å². The van der Waals surface area contributed by atoms with Crippen molar-refractivity contribution in [2.45, 2.75) is 25.8 Å². The Morgan fingerprint density at radius 2 is 1.94 bits per heavy atom. The Morgan fingerprint density at radius 1 is 1.28 bits per heavy atom. The molecular weight excluding hydrogens is 254 g/mol. The molecule has 2 heterocycles. The number of benzene rings is 1. The molecule has 0 radical (unpaired) electrons. The first-order valence-electron chi connectivity index (χ1n) is 5.79. The van der Waals surface area contributed by atoms with Crippen molar-refractivity contribution < 1.29 is 8.78 Å². The Balaban J connectivity index is 1.98. The summed E-state index contributed by atoms with van der Waals surface area (Å²) in [6.07, 6.45) is 0.766. The van der Waals surface area contributed by atoms with E-state index in [4.69, 9.17) is 12.2 Å². The van der Waals surface area contributed by atoms with Crippen LogP contribution >= 0.6 is 12.2 Å². The van der Waals surface area contributed by atoms with E-state index in [1.54, 1.807) is 0 Å². The zero-order valence-corrected chi connectivity index (χ0v) is 10.7. The van der Waals surface area contributed by atoms with E-state index >= 15 is 0 Å². The highest BCUT2D eigenvalue weighted by Crippen LogP contribution is 2.32. The summed E-state index contributed by atoms with van der Waals surface area (Å²) in [6.45, 7) is 2.65. The van der Waals surface area contributed by atoms with Crippen molar-refractivity contribution in [1.29, 1.82) is 0 Å². The van der Waals surface area contributed by atoms with Crippen LogP contribution in [0.2, 0.25) is 0 Å². The van der Waals surface area contributed by atoms with Crippen LogP contribution in [-0.2, 0) is 13.0 Å². The Hall–Kier alpha value is -1.49. The lowest BCUT2D eigenvalue weighted by Crippen LogP contribution is -2.03. The van der Waals surface area contributed by atoms with E-state index in [0.29, 0.717) is 16.9 Å². The van der Waals surface area contributed by atoms with Crippen LogP contribution in [0.3, 0.4) is 0 Å². The minimum Gasteiger partial charge on any atom is -0.335 e. The Bertz CT molecular complexity index is 652. The molecule has 18 heavy (non-hydrogen) atoms. The average Bonchev–Trinajstić information content (AvgIpc) is 2.80. The molecule has 0 fully saturated rings. The molecule has 1 aliphatic rings. The van der Waals surface area contributed by atoms with Gasteiger partial charge in [-0.05, 0) is 43.3 Å². The van der Waals surface area contributed by atoms with Crippen molar-refractivity contribution in [3.8, 4) is 0 Å². The van der Waals surface area contributed by atoms with Gasteiger partial charge in [0.15, 0.2) is 4.77 Å². The number of halogens is 2. The molecule has 1 aliphatic heterocycles. The second-order valence-electron chi connectivity index (χ2n) is 4.72.